The molecular formula is C16H10ClF3O3. The third kappa shape index (κ3) is 4.10. The van der Waals surface area contributed by atoms with Crippen LogP contribution in [-0.2, 0) is 6.18 Å². The Morgan fingerprint density at radius 1 is 1.00 bits per heavy atom. The Morgan fingerprint density at radius 3 is 2.17 bits per heavy atom. The van der Waals surface area contributed by atoms with Crippen molar-refractivity contribution in [2.45, 2.75) is 12.6 Å². The molecule has 0 radical (unpaired) electrons. The van der Waals surface area contributed by atoms with Crippen molar-refractivity contribution in [1.82, 2.24) is 0 Å². The molecule has 0 spiro atoms. The SMILES string of the molecule is O=C(CC(=O)c1cc(Cl)ccc1O)c1ccc(C(F)(F)F)cc1. The van der Waals surface area contributed by atoms with Crippen molar-refractivity contribution in [3.8, 4) is 5.75 Å². The first-order valence-electron chi connectivity index (χ1n) is 6.40. The number of Topliss-reactive ketones (excluding diaryl/α,β-unsaturated/α-hetero) is 2. The van der Waals surface area contributed by atoms with Crippen LogP contribution in [0.4, 0.5) is 13.2 Å². The highest BCUT2D eigenvalue weighted by Gasteiger charge is 2.30. The first kappa shape index (κ1) is 17.0. The summed E-state index contributed by atoms with van der Waals surface area (Å²) < 4.78 is 37.4. The van der Waals surface area contributed by atoms with E-state index in [1.807, 2.05) is 0 Å². The van der Waals surface area contributed by atoms with Crippen molar-refractivity contribution in [2.75, 3.05) is 0 Å². The molecule has 0 heterocycles. The fourth-order valence-corrected chi connectivity index (χ4v) is 2.09. The third-order valence-electron chi connectivity index (χ3n) is 3.11. The van der Waals surface area contributed by atoms with Crippen LogP contribution < -0.4 is 0 Å². The number of ketones is 2. The number of hydrogen-bond acceptors (Lipinski definition) is 3. The number of aromatic hydroxyl groups is 1. The Kier molecular flexibility index (Phi) is 4.75. The maximum atomic E-state index is 12.5. The van der Waals surface area contributed by atoms with Gasteiger partial charge in [0.1, 0.15) is 5.75 Å². The van der Waals surface area contributed by atoms with Crippen molar-refractivity contribution in [3.63, 3.8) is 0 Å². The lowest BCUT2D eigenvalue weighted by molar-refractivity contribution is -0.137. The van der Waals surface area contributed by atoms with Crippen LogP contribution in [0, 0.1) is 0 Å². The molecule has 0 unspecified atom stereocenters. The highest BCUT2D eigenvalue weighted by Crippen LogP contribution is 2.29. The van der Waals surface area contributed by atoms with Crippen LogP contribution >= 0.6 is 11.6 Å². The van der Waals surface area contributed by atoms with Gasteiger partial charge in [-0.2, -0.15) is 13.2 Å². The van der Waals surface area contributed by atoms with Crippen LogP contribution in [0.2, 0.25) is 5.02 Å². The van der Waals surface area contributed by atoms with Gasteiger partial charge in [-0.3, -0.25) is 9.59 Å². The Morgan fingerprint density at radius 2 is 1.61 bits per heavy atom. The zero-order valence-electron chi connectivity index (χ0n) is 11.5. The molecule has 2 aromatic rings. The van der Waals surface area contributed by atoms with E-state index < -0.39 is 29.7 Å². The van der Waals surface area contributed by atoms with Gasteiger partial charge in [0.15, 0.2) is 11.6 Å². The summed E-state index contributed by atoms with van der Waals surface area (Å²) in [4.78, 5) is 24.0. The molecule has 0 fully saturated rings. The van der Waals surface area contributed by atoms with E-state index in [-0.39, 0.29) is 21.9 Å². The molecule has 2 aromatic carbocycles. The number of carbonyl (C=O) groups excluding carboxylic acids is 2. The van der Waals surface area contributed by atoms with Gasteiger partial charge in [-0.25, -0.2) is 0 Å². The first-order chi connectivity index (χ1) is 10.7. The van der Waals surface area contributed by atoms with E-state index in [4.69, 9.17) is 11.6 Å². The average molecular weight is 343 g/mol. The molecule has 2 rings (SSSR count). The summed E-state index contributed by atoms with van der Waals surface area (Å²) in [5.41, 5.74) is -1.02. The molecule has 0 aliphatic carbocycles. The minimum Gasteiger partial charge on any atom is -0.507 e. The Bertz CT molecular complexity index is 752. The summed E-state index contributed by atoms with van der Waals surface area (Å²) in [6.07, 6.45) is -5.08. The number of carbonyl (C=O) groups is 2. The molecule has 23 heavy (non-hydrogen) atoms. The summed E-state index contributed by atoms with van der Waals surface area (Å²) in [6, 6.07) is 7.39. The number of hydrogen-bond donors (Lipinski definition) is 1. The van der Waals surface area contributed by atoms with Crippen LogP contribution in [0.25, 0.3) is 0 Å². The summed E-state index contributed by atoms with van der Waals surface area (Å²) in [5, 5.41) is 9.81. The van der Waals surface area contributed by atoms with Gasteiger partial charge in [0.25, 0.3) is 0 Å². The number of phenolic OH excluding ortho intramolecular Hbond substituents is 1. The Balaban J connectivity index is 2.15. The van der Waals surface area contributed by atoms with E-state index in [9.17, 15) is 27.9 Å². The fraction of sp³-hybridized carbons (Fsp3) is 0.125. The molecule has 7 heteroatoms. The molecule has 0 aliphatic heterocycles. The Hall–Kier alpha value is -2.34. The molecular weight excluding hydrogens is 333 g/mol. The second-order valence-corrected chi connectivity index (χ2v) is 5.20. The Labute approximate surface area is 134 Å². The summed E-state index contributed by atoms with van der Waals surface area (Å²) in [5.74, 6) is -1.64. The lowest BCUT2D eigenvalue weighted by atomic mass is 10.00. The molecule has 0 aliphatic rings. The van der Waals surface area contributed by atoms with Crippen molar-refractivity contribution in [1.29, 1.82) is 0 Å². The van der Waals surface area contributed by atoms with Crippen molar-refractivity contribution in [2.24, 2.45) is 0 Å². The molecule has 0 saturated carbocycles. The van der Waals surface area contributed by atoms with Gasteiger partial charge in [0, 0.05) is 10.6 Å². The van der Waals surface area contributed by atoms with Crippen molar-refractivity contribution >= 4 is 23.2 Å². The van der Waals surface area contributed by atoms with Crippen molar-refractivity contribution in [3.05, 3.63) is 64.2 Å². The molecule has 0 atom stereocenters. The monoisotopic (exact) mass is 342 g/mol. The van der Waals surface area contributed by atoms with Gasteiger partial charge >= 0.3 is 6.18 Å². The van der Waals surface area contributed by atoms with Gasteiger partial charge in [-0.1, -0.05) is 23.7 Å². The second kappa shape index (κ2) is 6.42. The van der Waals surface area contributed by atoms with Crippen LogP contribution in [0.1, 0.15) is 32.7 Å². The molecule has 0 saturated heterocycles. The summed E-state index contributed by atoms with van der Waals surface area (Å²) >= 11 is 5.72. The van der Waals surface area contributed by atoms with Gasteiger partial charge in [-0.05, 0) is 30.3 Å². The lowest BCUT2D eigenvalue weighted by Gasteiger charge is -2.07. The first-order valence-corrected chi connectivity index (χ1v) is 6.78. The standard InChI is InChI=1S/C16H10ClF3O3/c17-11-5-6-13(21)12(7-11)15(23)8-14(22)9-1-3-10(4-2-9)16(18,19)20/h1-7,21H,8H2. The largest absolute Gasteiger partial charge is 0.507 e. The predicted molar refractivity (Wildman–Crippen MR) is 77.8 cm³/mol. The van der Waals surface area contributed by atoms with Gasteiger partial charge < -0.3 is 5.11 Å². The van der Waals surface area contributed by atoms with Gasteiger partial charge in [0.2, 0.25) is 0 Å². The van der Waals surface area contributed by atoms with Gasteiger partial charge in [0.05, 0.1) is 17.5 Å². The second-order valence-electron chi connectivity index (χ2n) is 4.76. The van der Waals surface area contributed by atoms with Crippen LogP contribution in [0.3, 0.4) is 0 Å². The van der Waals surface area contributed by atoms with E-state index in [0.29, 0.717) is 0 Å². The molecule has 0 aromatic heterocycles. The molecule has 0 bridgehead atoms. The number of alkyl halides is 3. The van der Waals surface area contributed by atoms with Gasteiger partial charge in [-0.15, -0.1) is 0 Å². The lowest BCUT2D eigenvalue weighted by Crippen LogP contribution is -2.10. The molecule has 120 valence electrons. The van der Waals surface area contributed by atoms with Crippen molar-refractivity contribution < 1.29 is 27.9 Å². The van der Waals surface area contributed by atoms with E-state index in [2.05, 4.69) is 0 Å². The summed E-state index contributed by atoms with van der Waals surface area (Å²) in [6.45, 7) is 0. The number of phenols is 1. The maximum absolute atomic E-state index is 12.5. The van der Waals surface area contributed by atoms with E-state index in [0.717, 1.165) is 24.3 Å². The van der Waals surface area contributed by atoms with E-state index in [1.54, 1.807) is 0 Å². The molecule has 0 amide bonds. The normalized spacial score (nSPS) is 11.3. The third-order valence-corrected chi connectivity index (χ3v) is 3.35. The quantitative estimate of drug-likeness (QED) is 0.656. The molecule has 1 N–H and O–H groups in total. The zero-order valence-corrected chi connectivity index (χ0v) is 12.3. The number of benzene rings is 2. The average Bonchev–Trinajstić information content (AvgIpc) is 2.48. The molecule has 3 nitrogen and oxygen atoms in total. The number of halogens is 4. The van der Waals surface area contributed by atoms with Crippen LogP contribution in [0.5, 0.6) is 5.75 Å². The van der Waals surface area contributed by atoms with E-state index in [1.165, 1.54) is 18.2 Å². The highest BCUT2D eigenvalue weighted by atomic mass is 35.5. The minimum atomic E-state index is -4.50. The van der Waals surface area contributed by atoms with Crippen LogP contribution in [-0.4, -0.2) is 16.7 Å². The highest BCUT2D eigenvalue weighted by molar-refractivity contribution is 6.31. The van der Waals surface area contributed by atoms with E-state index >= 15 is 0 Å². The predicted octanol–water partition coefficient (Wildman–Crippen LogP) is 4.52. The number of rotatable bonds is 4. The topological polar surface area (TPSA) is 54.4 Å². The fourth-order valence-electron chi connectivity index (χ4n) is 1.92. The minimum absolute atomic E-state index is 0.0205. The summed E-state index contributed by atoms with van der Waals surface area (Å²) in [7, 11) is 0. The smallest absolute Gasteiger partial charge is 0.416 e. The van der Waals surface area contributed by atoms with Crippen LogP contribution in [0.15, 0.2) is 42.5 Å². The maximum Gasteiger partial charge on any atom is 0.416 e. The zero-order chi connectivity index (χ0) is 17.2.